The summed E-state index contributed by atoms with van der Waals surface area (Å²) in [5.41, 5.74) is 2.68. The number of hydrogen-bond acceptors (Lipinski definition) is 2. The Labute approximate surface area is 129 Å². The lowest BCUT2D eigenvalue weighted by Gasteiger charge is -2.04. The summed E-state index contributed by atoms with van der Waals surface area (Å²) in [6, 6.07) is 9.64. The van der Waals surface area contributed by atoms with Crippen LogP contribution in [0.25, 0.3) is 0 Å². The molecule has 5 heteroatoms. The van der Waals surface area contributed by atoms with Crippen molar-refractivity contribution in [2.45, 2.75) is 6.42 Å². The second-order valence-corrected chi connectivity index (χ2v) is 6.91. The largest absolute Gasteiger partial charge is 0.322 e. The van der Waals surface area contributed by atoms with E-state index < -0.39 is 0 Å². The van der Waals surface area contributed by atoms with Gasteiger partial charge in [-0.25, -0.2) is 0 Å². The molecular weight excluding hydrogens is 381 g/mol. The van der Waals surface area contributed by atoms with Crippen LogP contribution in [-0.4, -0.2) is 11.8 Å². The van der Waals surface area contributed by atoms with Crippen molar-refractivity contribution in [1.29, 1.82) is 0 Å². The summed E-state index contributed by atoms with van der Waals surface area (Å²) in [4.78, 5) is 11.9. The van der Waals surface area contributed by atoms with E-state index in [0.717, 1.165) is 15.0 Å². The van der Waals surface area contributed by atoms with Gasteiger partial charge in [-0.15, -0.1) is 22.9 Å². The average Bonchev–Trinajstić information content (AvgIpc) is 2.79. The molecular formula is C13H11ClINOS. The molecule has 0 aliphatic heterocycles. The second kappa shape index (κ2) is 6.54. The minimum Gasteiger partial charge on any atom is -0.322 e. The molecule has 18 heavy (non-hydrogen) atoms. The molecule has 1 N–H and O–H groups in total. The first kappa shape index (κ1) is 13.8. The molecule has 2 aromatic rings. The molecule has 94 valence electrons. The van der Waals surface area contributed by atoms with Gasteiger partial charge in [0.05, 0.1) is 8.45 Å². The van der Waals surface area contributed by atoms with Gasteiger partial charge in [0.1, 0.15) is 0 Å². The highest BCUT2D eigenvalue weighted by Gasteiger charge is 2.07. The number of carbonyl (C=O) groups is 1. The first-order chi connectivity index (χ1) is 8.69. The van der Waals surface area contributed by atoms with E-state index in [-0.39, 0.29) is 5.91 Å². The quantitative estimate of drug-likeness (QED) is 0.608. The minimum atomic E-state index is -0.0701. The lowest BCUT2D eigenvalue weighted by molar-refractivity contribution is 0.102. The Kier molecular flexibility index (Phi) is 5.03. The van der Waals surface area contributed by atoms with Crippen LogP contribution < -0.4 is 5.32 Å². The van der Waals surface area contributed by atoms with Crippen molar-refractivity contribution < 1.29 is 4.79 Å². The summed E-state index contributed by atoms with van der Waals surface area (Å²) < 4.78 is 1.11. The van der Waals surface area contributed by atoms with Crippen LogP contribution in [0.3, 0.4) is 0 Å². The van der Waals surface area contributed by atoms with Crippen molar-refractivity contribution >= 4 is 57.1 Å². The van der Waals surface area contributed by atoms with Crippen molar-refractivity contribution in [3.63, 3.8) is 0 Å². The topological polar surface area (TPSA) is 29.1 Å². The number of nitrogens with one attached hydrogen (secondary N) is 1. The van der Waals surface area contributed by atoms with Gasteiger partial charge in [0.2, 0.25) is 0 Å². The lowest BCUT2D eigenvalue weighted by atomic mass is 10.1. The van der Waals surface area contributed by atoms with Crippen molar-refractivity contribution in [3.8, 4) is 0 Å². The number of anilines is 1. The van der Waals surface area contributed by atoms with Crippen molar-refractivity contribution in [2.24, 2.45) is 0 Å². The zero-order valence-electron chi connectivity index (χ0n) is 9.45. The third-order valence-corrected chi connectivity index (χ3v) is 4.40. The molecule has 1 amide bonds. The van der Waals surface area contributed by atoms with E-state index in [2.05, 4.69) is 27.9 Å². The minimum absolute atomic E-state index is 0.0701. The Morgan fingerprint density at radius 2 is 2.06 bits per heavy atom. The molecule has 0 aliphatic rings. The fourth-order valence-electron chi connectivity index (χ4n) is 1.50. The molecule has 0 atom stereocenters. The van der Waals surface area contributed by atoms with Crippen LogP contribution in [-0.2, 0) is 6.42 Å². The summed E-state index contributed by atoms with van der Waals surface area (Å²) in [5, 5.41) is 4.73. The summed E-state index contributed by atoms with van der Waals surface area (Å²) in [7, 11) is 0. The number of alkyl halides is 1. The number of halogens is 2. The van der Waals surface area contributed by atoms with Crippen LogP contribution in [0.1, 0.15) is 15.9 Å². The summed E-state index contributed by atoms with van der Waals surface area (Å²) >= 11 is 9.44. The van der Waals surface area contributed by atoms with Crippen LogP contribution in [0, 0.1) is 2.88 Å². The second-order valence-electron chi connectivity index (χ2n) is 3.73. The van der Waals surface area contributed by atoms with Gasteiger partial charge >= 0.3 is 0 Å². The van der Waals surface area contributed by atoms with Crippen molar-refractivity contribution in [3.05, 3.63) is 49.7 Å². The fourth-order valence-corrected chi connectivity index (χ4v) is 3.04. The Hall–Kier alpha value is -0.590. The van der Waals surface area contributed by atoms with Crippen molar-refractivity contribution in [2.75, 3.05) is 11.2 Å². The molecule has 0 saturated heterocycles. The maximum absolute atomic E-state index is 11.9. The molecule has 0 saturated carbocycles. The van der Waals surface area contributed by atoms with Gasteiger partial charge in [-0.1, -0.05) is 12.1 Å². The van der Waals surface area contributed by atoms with Gasteiger partial charge in [-0.05, 0) is 52.8 Å². The Bertz CT molecular complexity index is 538. The van der Waals surface area contributed by atoms with Crippen LogP contribution >= 0.6 is 45.5 Å². The maximum atomic E-state index is 11.9. The van der Waals surface area contributed by atoms with Gasteiger partial charge in [-0.3, -0.25) is 4.79 Å². The monoisotopic (exact) mass is 391 g/mol. The summed E-state index contributed by atoms with van der Waals surface area (Å²) in [6.45, 7) is 0. The van der Waals surface area contributed by atoms with Crippen LogP contribution in [0.5, 0.6) is 0 Å². The van der Waals surface area contributed by atoms with E-state index in [1.165, 1.54) is 5.56 Å². The van der Waals surface area contributed by atoms with Gasteiger partial charge in [0.15, 0.2) is 0 Å². The van der Waals surface area contributed by atoms with Gasteiger partial charge < -0.3 is 5.32 Å². The number of amides is 1. The van der Waals surface area contributed by atoms with Gasteiger partial charge in [0, 0.05) is 16.9 Å². The molecule has 0 bridgehead atoms. The van der Waals surface area contributed by atoms with Crippen molar-refractivity contribution in [1.82, 2.24) is 0 Å². The number of aryl methyl sites for hydroxylation is 1. The molecule has 1 aromatic heterocycles. The molecule has 0 radical (unpaired) electrons. The van der Waals surface area contributed by atoms with E-state index in [1.807, 2.05) is 35.7 Å². The Morgan fingerprint density at radius 1 is 1.33 bits per heavy atom. The Morgan fingerprint density at radius 3 is 2.61 bits per heavy atom. The molecule has 0 fully saturated rings. The predicted octanol–water partition coefficient (Wildman–Crippen LogP) is 4.39. The SMILES string of the molecule is O=C(Nc1ccc(CCCl)cc1)c1csc(I)c1. The standard InChI is InChI=1S/C13H11ClINOS/c14-6-5-9-1-3-11(4-2-9)16-13(17)10-7-12(15)18-8-10/h1-4,7-8H,5-6H2,(H,16,17). The van der Waals surface area contributed by atoms with Gasteiger partial charge in [0.25, 0.3) is 5.91 Å². The first-order valence-corrected chi connectivity index (χ1v) is 7.88. The molecule has 2 nitrogen and oxygen atoms in total. The van der Waals surface area contributed by atoms with Gasteiger partial charge in [-0.2, -0.15) is 0 Å². The molecule has 0 unspecified atom stereocenters. The summed E-state index contributed by atoms with van der Waals surface area (Å²) in [6.07, 6.45) is 0.846. The van der Waals surface area contributed by atoms with Crippen LogP contribution in [0.2, 0.25) is 0 Å². The van der Waals surface area contributed by atoms with E-state index in [1.54, 1.807) is 11.3 Å². The lowest BCUT2D eigenvalue weighted by Crippen LogP contribution is -2.10. The Balaban J connectivity index is 2.03. The third kappa shape index (κ3) is 3.70. The third-order valence-electron chi connectivity index (χ3n) is 2.42. The number of benzene rings is 1. The molecule has 0 aliphatic carbocycles. The normalized spacial score (nSPS) is 10.3. The highest BCUT2D eigenvalue weighted by molar-refractivity contribution is 14.1. The zero-order valence-corrected chi connectivity index (χ0v) is 13.2. The molecule has 1 heterocycles. The number of thiophene rings is 1. The first-order valence-electron chi connectivity index (χ1n) is 5.39. The fraction of sp³-hybridized carbons (Fsp3) is 0.154. The maximum Gasteiger partial charge on any atom is 0.256 e. The highest BCUT2D eigenvalue weighted by Crippen LogP contribution is 2.18. The number of hydrogen-bond donors (Lipinski definition) is 1. The van der Waals surface area contributed by atoms with Crippen LogP contribution in [0.4, 0.5) is 5.69 Å². The average molecular weight is 392 g/mol. The van der Waals surface area contributed by atoms with E-state index in [0.29, 0.717) is 11.4 Å². The molecule has 1 aromatic carbocycles. The predicted molar refractivity (Wildman–Crippen MR) is 85.9 cm³/mol. The molecule has 0 spiro atoms. The molecule has 2 rings (SSSR count). The highest BCUT2D eigenvalue weighted by atomic mass is 127. The van der Waals surface area contributed by atoms with E-state index >= 15 is 0 Å². The van der Waals surface area contributed by atoms with Crippen LogP contribution in [0.15, 0.2) is 35.7 Å². The zero-order chi connectivity index (χ0) is 13.0. The number of carbonyl (C=O) groups excluding carboxylic acids is 1. The van der Waals surface area contributed by atoms with E-state index in [9.17, 15) is 4.79 Å². The smallest absolute Gasteiger partial charge is 0.256 e. The summed E-state index contributed by atoms with van der Waals surface area (Å²) in [5.74, 6) is 0.540. The number of rotatable bonds is 4. The van der Waals surface area contributed by atoms with E-state index in [4.69, 9.17) is 11.6 Å².